The minimum atomic E-state index is 0.641. The maximum atomic E-state index is 5.36. The first-order chi connectivity index (χ1) is 10.1. The fourth-order valence-electron chi connectivity index (χ4n) is 2.33. The number of morpholine rings is 1. The molecule has 0 bridgehead atoms. The topological polar surface area (TPSA) is 44.2 Å². The molecule has 0 amide bonds. The van der Waals surface area contributed by atoms with E-state index in [0.717, 1.165) is 43.6 Å². The monoisotopic (exact) mass is 291 g/mol. The first-order valence-corrected chi connectivity index (χ1v) is 7.24. The highest BCUT2D eigenvalue weighted by Gasteiger charge is 2.12. The molecule has 0 spiro atoms. The Morgan fingerprint density at radius 1 is 1.19 bits per heavy atom. The van der Waals surface area contributed by atoms with Gasteiger partial charge in [0.2, 0.25) is 0 Å². The van der Waals surface area contributed by atoms with Crippen LogP contribution in [-0.4, -0.2) is 75.2 Å². The molecule has 0 aliphatic carbocycles. The molecule has 0 aromatic carbocycles. The lowest BCUT2D eigenvalue weighted by atomic mass is 10.2. The van der Waals surface area contributed by atoms with Crippen LogP contribution in [-0.2, 0) is 11.3 Å². The molecular weight excluding hydrogens is 266 g/mol. The molecule has 0 unspecified atom stereocenters. The number of aromatic nitrogens is 1. The maximum Gasteiger partial charge on any atom is 0.195 e. The Kier molecular flexibility index (Phi) is 5.38. The lowest BCUT2D eigenvalue weighted by molar-refractivity contribution is 0.122. The van der Waals surface area contributed by atoms with E-state index in [1.165, 1.54) is 0 Å². The van der Waals surface area contributed by atoms with Crippen molar-refractivity contribution in [2.75, 3.05) is 59.4 Å². The zero-order chi connectivity index (χ0) is 15.2. The van der Waals surface area contributed by atoms with Crippen molar-refractivity contribution in [1.82, 2.24) is 14.8 Å². The Bertz CT molecular complexity index is 453. The summed E-state index contributed by atoms with van der Waals surface area (Å²) in [7, 11) is 7.99. The maximum absolute atomic E-state index is 5.36. The van der Waals surface area contributed by atoms with E-state index in [-0.39, 0.29) is 0 Å². The van der Waals surface area contributed by atoms with Gasteiger partial charge in [-0.1, -0.05) is 6.07 Å². The van der Waals surface area contributed by atoms with Gasteiger partial charge in [0.05, 0.1) is 19.8 Å². The summed E-state index contributed by atoms with van der Waals surface area (Å²) in [5.74, 6) is 1.97. The number of ether oxygens (including phenoxy) is 1. The van der Waals surface area contributed by atoms with E-state index in [2.05, 4.69) is 27.0 Å². The average molecular weight is 291 g/mol. The van der Waals surface area contributed by atoms with Crippen molar-refractivity contribution in [3.05, 3.63) is 23.9 Å². The molecule has 1 aromatic heterocycles. The van der Waals surface area contributed by atoms with Gasteiger partial charge in [-0.25, -0.2) is 9.98 Å². The molecule has 6 heteroatoms. The number of aliphatic imine (C=N–C) groups is 1. The second kappa shape index (κ2) is 7.26. The smallest absolute Gasteiger partial charge is 0.195 e. The Labute approximate surface area is 127 Å². The number of pyridine rings is 1. The van der Waals surface area contributed by atoms with Crippen molar-refractivity contribution in [3.63, 3.8) is 0 Å². The quantitative estimate of drug-likeness (QED) is 0.611. The van der Waals surface area contributed by atoms with Gasteiger partial charge in [-0.3, -0.25) is 0 Å². The fraction of sp³-hybridized carbons (Fsp3) is 0.600. The predicted octanol–water partition coefficient (Wildman–Crippen LogP) is 0.897. The van der Waals surface area contributed by atoms with Gasteiger partial charge in [0.15, 0.2) is 5.96 Å². The summed E-state index contributed by atoms with van der Waals surface area (Å²) in [6.07, 6.45) is 1.91. The van der Waals surface area contributed by atoms with Crippen molar-refractivity contribution >= 4 is 11.8 Å². The van der Waals surface area contributed by atoms with Crippen molar-refractivity contribution < 1.29 is 4.74 Å². The molecular formula is C15H25N5O. The first-order valence-electron chi connectivity index (χ1n) is 7.24. The Hall–Kier alpha value is -1.82. The van der Waals surface area contributed by atoms with Crippen molar-refractivity contribution in [1.29, 1.82) is 0 Å². The summed E-state index contributed by atoms with van der Waals surface area (Å²) in [6.45, 7) is 4.03. The SMILES string of the molecule is CN(C)C(=NCc1ccc(N2CCOCC2)nc1)N(C)C. The van der Waals surface area contributed by atoms with Crippen LogP contribution in [0.1, 0.15) is 5.56 Å². The number of hydrogen-bond acceptors (Lipinski definition) is 4. The van der Waals surface area contributed by atoms with Gasteiger partial charge in [0.25, 0.3) is 0 Å². The molecule has 1 aliphatic rings. The van der Waals surface area contributed by atoms with Gasteiger partial charge in [0, 0.05) is 47.5 Å². The van der Waals surface area contributed by atoms with Crippen LogP contribution < -0.4 is 4.90 Å². The number of nitrogens with zero attached hydrogens (tertiary/aromatic N) is 5. The van der Waals surface area contributed by atoms with Crippen LogP contribution in [0.2, 0.25) is 0 Å². The standard InChI is InChI=1S/C15H25N5O/c1-18(2)15(19(3)4)17-12-13-5-6-14(16-11-13)20-7-9-21-10-8-20/h5-6,11H,7-10,12H2,1-4H3. The van der Waals surface area contributed by atoms with Gasteiger partial charge in [-0.15, -0.1) is 0 Å². The molecule has 1 aromatic rings. The van der Waals surface area contributed by atoms with Crippen LogP contribution in [0.15, 0.2) is 23.3 Å². The molecule has 2 rings (SSSR count). The van der Waals surface area contributed by atoms with E-state index in [9.17, 15) is 0 Å². The van der Waals surface area contributed by atoms with E-state index in [4.69, 9.17) is 4.74 Å². The molecule has 0 atom stereocenters. The van der Waals surface area contributed by atoms with Crippen LogP contribution >= 0.6 is 0 Å². The summed E-state index contributed by atoms with van der Waals surface area (Å²) in [5, 5.41) is 0. The normalized spacial score (nSPS) is 14.8. The highest BCUT2D eigenvalue weighted by Crippen LogP contribution is 2.13. The average Bonchev–Trinajstić information content (AvgIpc) is 2.48. The molecule has 21 heavy (non-hydrogen) atoms. The summed E-state index contributed by atoms with van der Waals surface area (Å²) >= 11 is 0. The van der Waals surface area contributed by atoms with Crippen LogP contribution in [0.4, 0.5) is 5.82 Å². The van der Waals surface area contributed by atoms with E-state index < -0.39 is 0 Å². The number of guanidine groups is 1. The molecule has 1 aliphatic heterocycles. The van der Waals surface area contributed by atoms with Crippen molar-refractivity contribution in [2.24, 2.45) is 4.99 Å². The van der Waals surface area contributed by atoms with Gasteiger partial charge in [-0.05, 0) is 11.6 Å². The number of hydrogen-bond donors (Lipinski definition) is 0. The van der Waals surface area contributed by atoms with Crippen LogP contribution in [0.25, 0.3) is 0 Å². The first kappa shape index (κ1) is 15.6. The molecule has 6 nitrogen and oxygen atoms in total. The fourth-order valence-corrected chi connectivity index (χ4v) is 2.33. The second-order valence-corrected chi connectivity index (χ2v) is 5.53. The van der Waals surface area contributed by atoms with Crippen molar-refractivity contribution in [3.8, 4) is 0 Å². The van der Waals surface area contributed by atoms with Gasteiger partial charge in [0.1, 0.15) is 5.82 Å². The van der Waals surface area contributed by atoms with Crippen LogP contribution in [0, 0.1) is 0 Å². The molecule has 1 saturated heterocycles. The lowest BCUT2D eigenvalue weighted by Crippen LogP contribution is -2.36. The molecule has 0 N–H and O–H groups in total. The highest BCUT2D eigenvalue weighted by atomic mass is 16.5. The number of rotatable bonds is 3. The Balaban J connectivity index is 2.00. The van der Waals surface area contributed by atoms with E-state index >= 15 is 0 Å². The summed E-state index contributed by atoms with van der Waals surface area (Å²) in [4.78, 5) is 15.4. The highest BCUT2D eigenvalue weighted by molar-refractivity contribution is 5.79. The van der Waals surface area contributed by atoms with Gasteiger partial charge < -0.3 is 19.4 Å². The zero-order valence-electron chi connectivity index (χ0n) is 13.4. The molecule has 0 saturated carbocycles. The minimum absolute atomic E-state index is 0.641. The summed E-state index contributed by atoms with van der Waals surface area (Å²) in [6, 6.07) is 4.17. The Morgan fingerprint density at radius 3 is 2.38 bits per heavy atom. The summed E-state index contributed by atoms with van der Waals surface area (Å²) < 4.78 is 5.36. The van der Waals surface area contributed by atoms with Gasteiger partial charge in [-0.2, -0.15) is 0 Å². The van der Waals surface area contributed by atoms with Crippen molar-refractivity contribution in [2.45, 2.75) is 6.54 Å². The lowest BCUT2D eigenvalue weighted by Gasteiger charge is -2.27. The number of anilines is 1. The van der Waals surface area contributed by atoms with E-state index in [1.807, 2.05) is 44.2 Å². The molecule has 0 radical (unpaired) electrons. The molecule has 116 valence electrons. The zero-order valence-corrected chi connectivity index (χ0v) is 13.4. The van der Waals surface area contributed by atoms with Gasteiger partial charge >= 0.3 is 0 Å². The van der Waals surface area contributed by atoms with E-state index in [0.29, 0.717) is 6.54 Å². The van der Waals surface area contributed by atoms with Crippen LogP contribution in [0.3, 0.4) is 0 Å². The predicted molar refractivity (Wildman–Crippen MR) is 85.8 cm³/mol. The third-order valence-electron chi connectivity index (χ3n) is 3.35. The molecule has 1 fully saturated rings. The minimum Gasteiger partial charge on any atom is -0.378 e. The third kappa shape index (κ3) is 4.32. The second-order valence-electron chi connectivity index (χ2n) is 5.53. The molecule has 2 heterocycles. The van der Waals surface area contributed by atoms with Crippen LogP contribution in [0.5, 0.6) is 0 Å². The largest absolute Gasteiger partial charge is 0.378 e. The third-order valence-corrected chi connectivity index (χ3v) is 3.35. The summed E-state index contributed by atoms with van der Waals surface area (Å²) in [5.41, 5.74) is 1.12. The van der Waals surface area contributed by atoms with E-state index in [1.54, 1.807) is 0 Å². The Morgan fingerprint density at radius 2 is 1.86 bits per heavy atom.